The lowest BCUT2D eigenvalue weighted by atomic mass is 10.2. The predicted octanol–water partition coefficient (Wildman–Crippen LogP) is 4.06. The third-order valence-corrected chi connectivity index (χ3v) is 5.95. The summed E-state index contributed by atoms with van der Waals surface area (Å²) >= 11 is 2.52. The van der Waals surface area contributed by atoms with Crippen molar-refractivity contribution in [1.29, 1.82) is 0 Å². The van der Waals surface area contributed by atoms with Crippen LogP contribution in [0.15, 0.2) is 46.7 Å². The second-order valence-corrected chi connectivity index (χ2v) is 8.19. The van der Waals surface area contributed by atoms with E-state index in [1.165, 1.54) is 17.0 Å². The smallest absolute Gasteiger partial charge is 0.293 e. The fraction of sp³-hybridized carbons (Fsp3) is 0.250. The van der Waals surface area contributed by atoms with Gasteiger partial charge in [0.2, 0.25) is 5.91 Å². The summed E-state index contributed by atoms with van der Waals surface area (Å²) in [5, 5.41) is 4.39. The van der Waals surface area contributed by atoms with Crippen LogP contribution in [0.1, 0.15) is 23.3 Å². The molecule has 1 aromatic heterocycles. The average molecular weight is 419 g/mol. The van der Waals surface area contributed by atoms with Crippen LogP contribution in [0.25, 0.3) is 6.08 Å². The number of imide groups is 1. The zero-order valence-corrected chi connectivity index (χ0v) is 16.7. The van der Waals surface area contributed by atoms with E-state index >= 15 is 0 Å². The number of halogens is 1. The van der Waals surface area contributed by atoms with Gasteiger partial charge in [-0.1, -0.05) is 18.2 Å². The molecular weight excluding hydrogens is 399 g/mol. The highest BCUT2D eigenvalue weighted by Crippen LogP contribution is 2.31. The molecule has 3 amide bonds. The van der Waals surface area contributed by atoms with Gasteiger partial charge >= 0.3 is 0 Å². The Hall–Kier alpha value is -2.45. The lowest BCUT2D eigenvalue weighted by Crippen LogP contribution is -2.37. The van der Waals surface area contributed by atoms with Crippen molar-refractivity contribution in [2.24, 2.45) is 0 Å². The summed E-state index contributed by atoms with van der Waals surface area (Å²) in [7, 11) is 0. The molecule has 1 fully saturated rings. The molecule has 1 aromatic carbocycles. The van der Waals surface area contributed by atoms with Gasteiger partial charge in [0.15, 0.2) is 0 Å². The number of carbonyl (C=O) groups is 3. The molecule has 0 unspecified atom stereocenters. The zero-order valence-electron chi connectivity index (χ0n) is 15.0. The van der Waals surface area contributed by atoms with E-state index in [1.54, 1.807) is 29.5 Å². The minimum atomic E-state index is -0.397. The number of thioether (sulfide) groups is 1. The molecule has 2 aromatic rings. The molecule has 0 saturated carbocycles. The van der Waals surface area contributed by atoms with Crippen molar-refractivity contribution >= 4 is 46.2 Å². The van der Waals surface area contributed by atoms with Crippen molar-refractivity contribution < 1.29 is 18.8 Å². The summed E-state index contributed by atoms with van der Waals surface area (Å²) < 4.78 is 13.0. The fourth-order valence-corrected chi connectivity index (χ4v) is 4.29. The molecule has 1 saturated heterocycles. The predicted molar refractivity (Wildman–Crippen MR) is 109 cm³/mol. The van der Waals surface area contributed by atoms with Crippen molar-refractivity contribution in [3.8, 4) is 0 Å². The first-order chi connectivity index (χ1) is 13.5. The number of hydrogen-bond donors (Lipinski definition) is 1. The van der Waals surface area contributed by atoms with Crippen LogP contribution in [0.3, 0.4) is 0 Å². The van der Waals surface area contributed by atoms with Crippen LogP contribution >= 0.6 is 23.1 Å². The number of amides is 3. The minimum absolute atomic E-state index is 0.0922. The first-order valence-corrected chi connectivity index (χ1v) is 10.5. The van der Waals surface area contributed by atoms with E-state index in [1.807, 2.05) is 17.5 Å². The first kappa shape index (κ1) is 20.3. The third-order valence-electron chi connectivity index (χ3n) is 4.11. The van der Waals surface area contributed by atoms with E-state index in [0.717, 1.165) is 29.5 Å². The first-order valence-electron chi connectivity index (χ1n) is 8.83. The minimum Gasteiger partial charge on any atom is -0.354 e. The number of thiophene rings is 1. The molecule has 2 heterocycles. The van der Waals surface area contributed by atoms with Crippen LogP contribution < -0.4 is 5.32 Å². The lowest BCUT2D eigenvalue weighted by Gasteiger charge is -2.13. The topological polar surface area (TPSA) is 66.5 Å². The Morgan fingerprint density at radius 1 is 1.18 bits per heavy atom. The molecule has 1 aliphatic heterocycles. The van der Waals surface area contributed by atoms with Crippen molar-refractivity contribution in [3.63, 3.8) is 0 Å². The standard InChI is InChI=1S/C20H19FN2O3S2/c21-15-8-6-14(7-9-15)13-17-19(25)23(20(26)28-17)11-10-22-18(24)5-1-3-16-4-2-12-27-16/h2,4,6-9,12-13H,1,3,5,10-11H2,(H,22,24)/b17-13-. The van der Waals surface area contributed by atoms with Gasteiger partial charge in [-0.3, -0.25) is 19.3 Å². The van der Waals surface area contributed by atoms with Crippen LogP contribution in [-0.2, 0) is 16.0 Å². The maximum absolute atomic E-state index is 13.0. The lowest BCUT2D eigenvalue weighted by molar-refractivity contribution is -0.124. The maximum atomic E-state index is 13.0. The van der Waals surface area contributed by atoms with Gasteiger partial charge in [-0.15, -0.1) is 11.3 Å². The van der Waals surface area contributed by atoms with E-state index in [4.69, 9.17) is 0 Å². The summed E-state index contributed by atoms with van der Waals surface area (Å²) in [6.07, 6.45) is 3.59. The maximum Gasteiger partial charge on any atom is 0.293 e. The van der Waals surface area contributed by atoms with Gasteiger partial charge in [-0.2, -0.15) is 0 Å². The van der Waals surface area contributed by atoms with E-state index in [0.29, 0.717) is 16.9 Å². The molecule has 0 radical (unpaired) electrons. The number of rotatable bonds is 8. The summed E-state index contributed by atoms with van der Waals surface area (Å²) in [6, 6.07) is 9.70. The van der Waals surface area contributed by atoms with Gasteiger partial charge in [0.1, 0.15) is 5.82 Å². The monoisotopic (exact) mass is 418 g/mol. The van der Waals surface area contributed by atoms with Crippen LogP contribution in [0, 0.1) is 5.82 Å². The number of nitrogens with one attached hydrogen (secondary N) is 1. The number of nitrogens with zero attached hydrogens (tertiary/aromatic N) is 1. The number of benzene rings is 1. The molecule has 0 bridgehead atoms. The van der Waals surface area contributed by atoms with Crippen LogP contribution in [0.4, 0.5) is 9.18 Å². The molecule has 5 nitrogen and oxygen atoms in total. The molecule has 28 heavy (non-hydrogen) atoms. The van der Waals surface area contributed by atoms with Crippen LogP contribution in [0.2, 0.25) is 0 Å². The van der Waals surface area contributed by atoms with Gasteiger partial charge in [0.25, 0.3) is 11.1 Å². The zero-order chi connectivity index (χ0) is 19.9. The highest BCUT2D eigenvalue weighted by molar-refractivity contribution is 8.18. The van der Waals surface area contributed by atoms with E-state index in [2.05, 4.69) is 5.32 Å². The van der Waals surface area contributed by atoms with Crippen molar-refractivity contribution in [1.82, 2.24) is 10.2 Å². The second-order valence-electron chi connectivity index (χ2n) is 6.17. The largest absolute Gasteiger partial charge is 0.354 e. The number of aryl methyl sites for hydroxylation is 1. The van der Waals surface area contributed by atoms with Gasteiger partial charge in [0.05, 0.1) is 4.91 Å². The Balaban J connectivity index is 1.44. The molecule has 0 aliphatic carbocycles. The molecule has 1 N–H and O–H groups in total. The summed E-state index contributed by atoms with van der Waals surface area (Å²) in [4.78, 5) is 39.0. The normalized spacial score (nSPS) is 15.5. The van der Waals surface area contributed by atoms with Crippen molar-refractivity contribution in [2.45, 2.75) is 19.3 Å². The summed E-state index contributed by atoms with van der Waals surface area (Å²) in [5.74, 6) is -0.854. The SMILES string of the molecule is O=C(CCCc1cccs1)NCCN1C(=O)S/C(=C\c2ccc(F)cc2)C1=O. The van der Waals surface area contributed by atoms with Gasteiger partial charge < -0.3 is 5.32 Å². The van der Waals surface area contributed by atoms with E-state index < -0.39 is 5.91 Å². The highest BCUT2D eigenvalue weighted by Gasteiger charge is 2.34. The van der Waals surface area contributed by atoms with Crippen LogP contribution in [0.5, 0.6) is 0 Å². The number of carbonyl (C=O) groups excluding carboxylic acids is 3. The molecule has 1 aliphatic rings. The van der Waals surface area contributed by atoms with Gasteiger partial charge in [-0.25, -0.2) is 4.39 Å². The Morgan fingerprint density at radius 3 is 2.68 bits per heavy atom. The molecular formula is C20H19FN2O3S2. The Bertz CT molecular complexity index is 879. The number of hydrogen-bond acceptors (Lipinski definition) is 5. The molecule has 0 spiro atoms. The van der Waals surface area contributed by atoms with Crippen LogP contribution in [-0.4, -0.2) is 35.0 Å². The fourth-order valence-electron chi connectivity index (χ4n) is 2.68. The van der Waals surface area contributed by atoms with Gasteiger partial charge in [0, 0.05) is 24.4 Å². The highest BCUT2D eigenvalue weighted by atomic mass is 32.2. The van der Waals surface area contributed by atoms with Gasteiger partial charge in [-0.05, 0) is 59.8 Å². The summed E-state index contributed by atoms with van der Waals surface area (Å²) in [5.41, 5.74) is 0.644. The molecule has 0 atom stereocenters. The third kappa shape index (κ3) is 5.53. The Kier molecular flexibility index (Phi) is 7.00. The van der Waals surface area contributed by atoms with Crippen molar-refractivity contribution in [3.05, 3.63) is 62.9 Å². The average Bonchev–Trinajstić information content (AvgIpc) is 3.27. The van der Waals surface area contributed by atoms with E-state index in [9.17, 15) is 18.8 Å². The molecule has 3 rings (SSSR count). The summed E-state index contributed by atoms with van der Waals surface area (Å²) in [6.45, 7) is 0.349. The molecule has 146 valence electrons. The quantitative estimate of drug-likeness (QED) is 0.657. The van der Waals surface area contributed by atoms with Crippen molar-refractivity contribution in [2.75, 3.05) is 13.1 Å². The van der Waals surface area contributed by atoms with E-state index in [-0.39, 0.29) is 30.1 Å². The Morgan fingerprint density at radius 2 is 1.96 bits per heavy atom. The molecule has 8 heteroatoms. The Labute approximate surface area is 170 Å². The second kappa shape index (κ2) is 9.66.